The SMILES string of the molecule is Cc1ccc(CN)cc1-c1cc(F)c(F)c(F)c1. The van der Waals surface area contributed by atoms with E-state index in [2.05, 4.69) is 0 Å². The maximum Gasteiger partial charge on any atom is 0.194 e. The summed E-state index contributed by atoms with van der Waals surface area (Å²) in [5.74, 6) is -3.84. The summed E-state index contributed by atoms with van der Waals surface area (Å²) in [5.41, 5.74) is 8.17. The third kappa shape index (κ3) is 2.24. The molecule has 0 radical (unpaired) electrons. The Labute approximate surface area is 103 Å². The molecule has 1 nitrogen and oxygen atoms in total. The van der Waals surface area contributed by atoms with Gasteiger partial charge in [-0.1, -0.05) is 12.1 Å². The molecule has 0 bridgehead atoms. The first-order valence-corrected chi connectivity index (χ1v) is 5.47. The van der Waals surface area contributed by atoms with Crippen molar-refractivity contribution >= 4 is 0 Å². The lowest BCUT2D eigenvalue weighted by Gasteiger charge is -2.09. The van der Waals surface area contributed by atoms with Crippen LogP contribution in [0.4, 0.5) is 13.2 Å². The predicted octanol–water partition coefficient (Wildman–Crippen LogP) is 3.54. The summed E-state index contributed by atoms with van der Waals surface area (Å²) in [7, 11) is 0. The highest BCUT2D eigenvalue weighted by atomic mass is 19.2. The number of aryl methyl sites for hydroxylation is 1. The molecule has 0 aliphatic carbocycles. The summed E-state index contributed by atoms with van der Waals surface area (Å²) < 4.78 is 39.3. The second-order valence-electron chi connectivity index (χ2n) is 4.11. The van der Waals surface area contributed by atoms with Gasteiger partial charge in [0.25, 0.3) is 0 Å². The minimum atomic E-state index is -1.45. The molecule has 2 rings (SSSR count). The standard InChI is InChI=1S/C14H12F3N/c1-8-2-3-9(7-18)4-11(8)10-5-12(15)14(17)13(16)6-10/h2-6H,7,18H2,1H3. The second-order valence-corrected chi connectivity index (χ2v) is 4.11. The molecule has 0 aromatic heterocycles. The maximum atomic E-state index is 13.2. The smallest absolute Gasteiger partial charge is 0.194 e. The molecular formula is C14H12F3N. The zero-order chi connectivity index (χ0) is 13.3. The molecule has 0 heterocycles. The van der Waals surface area contributed by atoms with Crippen LogP contribution in [-0.4, -0.2) is 0 Å². The molecule has 2 N–H and O–H groups in total. The Hall–Kier alpha value is -1.81. The number of rotatable bonds is 2. The second kappa shape index (κ2) is 4.82. The molecule has 0 saturated heterocycles. The first-order valence-electron chi connectivity index (χ1n) is 5.47. The summed E-state index contributed by atoms with van der Waals surface area (Å²) in [6.07, 6.45) is 0. The van der Waals surface area contributed by atoms with Gasteiger partial charge in [-0.25, -0.2) is 13.2 Å². The summed E-state index contributed by atoms with van der Waals surface area (Å²) in [6.45, 7) is 2.15. The molecule has 0 atom stereocenters. The Bertz CT molecular complexity index is 571. The van der Waals surface area contributed by atoms with Crippen molar-refractivity contribution in [1.82, 2.24) is 0 Å². The normalized spacial score (nSPS) is 10.7. The van der Waals surface area contributed by atoms with Crippen molar-refractivity contribution in [2.75, 3.05) is 0 Å². The van der Waals surface area contributed by atoms with Crippen molar-refractivity contribution in [3.8, 4) is 11.1 Å². The van der Waals surface area contributed by atoms with Gasteiger partial charge in [-0.3, -0.25) is 0 Å². The van der Waals surface area contributed by atoms with E-state index < -0.39 is 17.5 Å². The Kier molecular flexibility index (Phi) is 3.39. The highest BCUT2D eigenvalue weighted by Crippen LogP contribution is 2.27. The quantitative estimate of drug-likeness (QED) is 0.812. The van der Waals surface area contributed by atoms with E-state index in [1.165, 1.54) is 0 Å². The van der Waals surface area contributed by atoms with Gasteiger partial charge in [0.1, 0.15) is 0 Å². The molecule has 4 heteroatoms. The summed E-state index contributed by atoms with van der Waals surface area (Å²) in [5, 5.41) is 0. The molecule has 2 aromatic carbocycles. The van der Waals surface area contributed by atoms with Gasteiger partial charge in [0.2, 0.25) is 0 Å². The van der Waals surface area contributed by atoms with Crippen LogP contribution in [0.25, 0.3) is 11.1 Å². The fraction of sp³-hybridized carbons (Fsp3) is 0.143. The first kappa shape index (κ1) is 12.6. The van der Waals surface area contributed by atoms with Gasteiger partial charge in [0.15, 0.2) is 17.5 Å². The monoisotopic (exact) mass is 251 g/mol. The van der Waals surface area contributed by atoms with Gasteiger partial charge < -0.3 is 5.73 Å². The molecule has 0 saturated carbocycles. The lowest BCUT2D eigenvalue weighted by atomic mass is 9.98. The van der Waals surface area contributed by atoms with E-state index in [1.807, 2.05) is 19.1 Å². The zero-order valence-corrected chi connectivity index (χ0v) is 9.81. The van der Waals surface area contributed by atoms with E-state index in [0.29, 0.717) is 17.7 Å². The van der Waals surface area contributed by atoms with Crippen molar-refractivity contribution in [1.29, 1.82) is 0 Å². The van der Waals surface area contributed by atoms with Crippen LogP contribution in [0.15, 0.2) is 30.3 Å². The third-order valence-corrected chi connectivity index (χ3v) is 2.83. The van der Waals surface area contributed by atoms with E-state index in [4.69, 9.17) is 5.73 Å². The van der Waals surface area contributed by atoms with Crippen LogP contribution >= 0.6 is 0 Å². The van der Waals surface area contributed by atoms with E-state index in [9.17, 15) is 13.2 Å². The van der Waals surface area contributed by atoms with E-state index >= 15 is 0 Å². The molecule has 0 spiro atoms. The van der Waals surface area contributed by atoms with Crippen molar-refractivity contribution in [2.24, 2.45) is 5.73 Å². The Morgan fingerprint density at radius 3 is 2.17 bits per heavy atom. The van der Waals surface area contributed by atoms with Crippen LogP contribution in [0.2, 0.25) is 0 Å². The first-order chi connectivity index (χ1) is 8.52. The topological polar surface area (TPSA) is 26.0 Å². The molecule has 0 fully saturated rings. The van der Waals surface area contributed by atoms with Crippen molar-refractivity contribution in [2.45, 2.75) is 13.5 Å². The molecule has 18 heavy (non-hydrogen) atoms. The van der Waals surface area contributed by atoms with E-state index in [1.54, 1.807) is 6.07 Å². The maximum absolute atomic E-state index is 13.2. The fourth-order valence-electron chi connectivity index (χ4n) is 1.82. The largest absolute Gasteiger partial charge is 0.326 e. The van der Waals surface area contributed by atoms with Crippen molar-refractivity contribution < 1.29 is 13.2 Å². The zero-order valence-electron chi connectivity index (χ0n) is 9.81. The molecule has 0 amide bonds. The van der Waals surface area contributed by atoms with Gasteiger partial charge in [-0.2, -0.15) is 0 Å². The number of hydrogen-bond acceptors (Lipinski definition) is 1. The summed E-state index contributed by atoms with van der Waals surface area (Å²) in [4.78, 5) is 0. The molecule has 0 unspecified atom stereocenters. The Balaban J connectivity index is 2.61. The van der Waals surface area contributed by atoms with Crippen LogP contribution in [-0.2, 0) is 6.54 Å². The van der Waals surface area contributed by atoms with Crippen LogP contribution in [0.5, 0.6) is 0 Å². The molecule has 0 aliphatic heterocycles. The molecule has 0 aliphatic rings. The Morgan fingerprint density at radius 1 is 1.00 bits per heavy atom. The number of nitrogens with two attached hydrogens (primary N) is 1. The summed E-state index contributed by atoms with van der Waals surface area (Å²) >= 11 is 0. The number of halogens is 3. The number of hydrogen-bond donors (Lipinski definition) is 1. The van der Waals surface area contributed by atoms with Gasteiger partial charge in [-0.15, -0.1) is 0 Å². The van der Waals surface area contributed by atoms with E-state index in [-0.39, 0.29) is 0 Å². The lowest BCUT2D eigenvalue weighted by Crippen LogP contribution is -1.98. The average molecular weight is 251 g/mol. The highest BCUT2D eigenvalue weighted by Gasteiger charge is 2.12. The van der Waals surface area contributed by atoms with Gasteiger partial charge in [-0.05, 0) is 47.4 Å². The minimum Gasteiger partial charge on any atom is -0.326 e. The van der Waals surface area contributed by atoms with Crippen molar-refractivity contribution in [3.05, 3.63) is 58.9 Å². The van der Waals surface area contributed by atoms with Gasteiger partial charge in [0.05, 0.1) is 0 Å². The third-order valence-electron chi connectivity index (χ3n) is 2.83. The molecular weight excluding hydrogens is 239 g/mol. The van der Waals surface area contributed by atoms with Gasteiger partial charge >= 0.3 is 0 Å². The molecule has 94 valence electrons. The lowest BCUT2D eigenvalue weighted by molar-refractivity contribution is 0.447. The van der Waals surface area contributed by atoms with Gasteiger partial charge in [0, 0.05) is 6.54 Å². The number of benzene rings is 2. The van der Waals surface area contributed by atoms with Crippen LogP contribution < -0.4 is 5.73 Å². The van der Waals surface area contributed by atoms with Crippen LogP contribution in [0.3, 0.4) is 0 Å². The van der Waals surface area contributed by atoms with Crippen molar-refractivity contribution in [3.63, 3.8) is 0 Å². The Morgan fingerprint density at radius 2 is 1.61 bits per heavy atom. The average Bonchev–Trinajstić information content (AvgIpc) is 2.36. The highest BCUT2D eigenvalue weighted by molar-refractivity contribution is 5.68. The fourth-order valence-corrected chi connectivity index (χ4v) is 1.82. The summed E-state index contributed by atoms with van der Waals surface area (Å²) in [6, 6.07) is 7.38. The van der Waals surface area contributed by atoms with E-state index in [0.717, 1.165) is 23.3 Å². The van der Waals surface area contributed by atoms with Crippen LogP contribution in [0, 0.1) is 24.4 Å². The van der Waals surface area contributed by atoms with Crippen LogP contribution in [0.1, 0.15) is 11.1 Å². The molecule has 2 aromatic rings. The minimum absolute atomic E-state index is 0.305. The predicted molar refractivity (Wildman–Crippen MR) is 64.4 cm³/mol.